The second-order valence-corrected chi connectivity index (χ2v) is 7.31. The van der Waals surface area contributed by atoms with Crippen molar-refractivity contribution >= 4 is 22.6 Å². The number of para-hydroxylation sites is 1. The highest BCUT2D eigenvalue weighted by atomic mass is 16.2. The van der Waals surface area contributed by atoms with E-state index in [2.05, 4.69) is 22.0 Å². The van der Waals surface area contributed by atoms with Gasteiger partial charge in [-0.05, 0) is 18.1 Å². The van der Waals surface area contributed by atoms with Gasteiger partial charge in [-0.25, -0.2) is 0 Å². The maximum Gasteiger partial charge on any atom is 0.222 e. The number of benzene rings is 2. The zero-order chi connectivity index (χ0) is 19.3. The third-order valence-corrected chi connectivity index (χ3v) is 5.45. The highest BCUT2D eigenvalue weighted by Crippen LogP contribution is 2.19. The number of hydrogen-bond donors (Lipinski definition) is 1. The topological polar surface area (TPSA) is 56.4 Å². The van der Waals surface area contributed by atoms with Crippen LogP contribution >= 0.6 is 0 Å². The van der Waals surface area contributed by atoms with Crippen molar-refractivity contribution in [2.24, 2.45) is 0 Å². The Morgan fingerprint density at radius 3 is 2.39 bits per heavy atom. The predicted octanol–water partition coefficient (Wildman–Crippen LogP) is 3.13. The second-order valence-electron chi connectivity index (χ2n) is 7.31. The number of Topliss-reactive ketones (excluding diaryl/α,β-unsaturated/α-hetero) is 1. The minimum absolute atomic E-state index is 0.126. The molecule has 0 radical (unpaired) electrons. The molecule has 5 nitrogen and oxygen atoms in total. The van der Waals surface area contributed by atoms with Crippen LogP contribution in [0.2, 0.25) is 0 Å². The number of nitrogens with zero attached hydrogens (tertiary/aromatic N) is 2. The molecule has 0 spiro atoms. The molecule has 28 heavy (non-hydrogen) atoms. The molecule has 4 rings (SSSR count). The van der Waals surface area contributed by atoms with Crippen molar-refractivity contribution in [3.63, 3.8) is 0 Å². The lowest BCUT2D eigenvalue weighted by Crippen LogP contribution is -2.49. The number of amides is 1. The summed E-state index contributed by atoms with van der Waals surface area (Å²) in [6, 6.07) is 18.0. The Morgan fingerprint density at radius 2 is 1.61 bits per heavy atom. The van der Waals surface area contributed by atoms with Crippen LogP contribution in [0.15, 0.2) is 60.8 Å². The summed E-state index contributed by atoms with van der Waals surface area (Å²) >= 11 is 0. The van der Waals surface area contributed by atoms with Gasteiger partial charge in [-0.15, -0.1) is 0 Å². The molecule has 0 bridgehead atoms. The van der Waals surface area contributed by atoms with Crippen LogP contribution in [-0.2, 0) is 11.2 Å². The van der Waals surface area contributed by atoms with E-state index in [1.54, 1.807) is 6.20 Å². The quantitative estimate of drug-likeness (QED) is 0.674. The fraction of sp³-hybridized carbons (Fsp3) is 0.304. The molecule has 1 fully saturated rings. The maximum absolute atomic E-state index is 12.7. The van der Waals surface area contributed by atoms with Crippen LogP contribution in [0.25, 0.3) is 10.9 Å². The van der Waals surface area contributed by atoms with E-state index in [1.165, 1.54) is 5.56 Å². The van der Waals surface area contributed by atoms with Gasteiger partial charge in [-0.3, -0.25) is 14.5 Å². The van der Waals surface area contributed by atoms with E-state index in [0.29, 0.717) is 26.1 Å². The predicted molar refractivity (Wildman–Crippen MR) is 110 cm³/mol. The first-order valence-corrected chi connectivity index (χ1v) is 9.84. The van der Waals surface area contributed by atoms with Gasteiger partial charge in [-0.2, -0.15) is 0 Å². The van der Waals surface area contributed by atoms with Gasteiger partial charge in [-0.1, -0.05) is 48.5 Å². The summed E-state index contributed by atoms with van der Waals surface area (Å²) in [5.41, 5.74) is 2.93. The van der Waals surface area contributed by atoms with Crippen LogP contribution < -0.4 is 0 Å². The summed E-state index contributed by atoms with van der Waals surface area (Å²) in [6.45, 7) is 3.26. The lowest BCUT2D eigenvalue weighted by Gasteiger charge is -2.34. The fourth-order valence-electron chi connectivity index (χ4n) is 3.80. The molecular weight excluding hydrogens is 350 g/mol. The summed E-state index contributed by atoms with van der Waals surface area (Å²) in [7, 11) is 0. The summed E-state index contributed by atoms with van der Waals surface area (Å²) in [4.78, 5) is 32.4. The number of carbonyl (C=O) groups excluding carboxylic acids is 2. The molecule has 144 valence electrons. The van der Waals surface area contributed by atoms with Crippen molar-refractivity contribution in [1.29, 1.82) is 0 Å². The van der Waals surface area contributed by atoms with Crippen molar-refractivity contribution in [3.8, 4) is 0 Å². The highest BCUT2D eigenvalue weighted by Gasteiger charge is 2.23. The van der Waals surface area contributed by atoms with Crippen LogP contribution in [0.4, 0.5) is 0 Å². The molecule has 5 heteroatoms. The van der Waals surface area contributed by atoms with Crippen molar-refractivity contribution in [2.45, 2.75) is 12.8 Å². The minimum atomic E-state index is 0.126. The summed E-state index contributed by atoms with van der Waals surface area (Å²) in [5.74, 6) is 0.327. The third kappa shape index (κ3) is 4.15. The summed E-state index contributed by atoms with van der Waals surface area (Å²) < 4.78 is 0. The van der Waals surface area contributed by atoms with Gasteiger partial charge in [0.05, 0.1) is 6.54 Å². The largest absolute Gasteiger partial charge is 0.360 e. The van der Waals surface area contributed by atoms with E-state index in [0.717, 1.165) is 36.0 Å². The molecule has 1 amide bonds. The number of ketones is 1. The molecule has 2 aromatic carbocycles. The minimum Gasteiger partial charge on any atom is -0.360 e. The number of piperazine rings is 1. The molecule has 3 aromatic rings. The molecule has 1 saturated heterocycles. The average Bonchev–Trinajstić information content (AvgIpc) is 3.18. The molecule has 1 aliphatic rings. The standard InChI is InChI=1S/C23H25N3O2/c27-22(20-16-24-21-9-5-4-8-19(20)21)17-25-12-14-26(15-13-25)23(28)11-10-18-6-2-1-3-7-18/h1-9,16,24H,10-15,17H2. The Bertz CT molecular complexity index is 956. The van der Waals surface area contributed by atoms with Crippen molar-refractivity contribution in [2.75, 3.05) is 32.7 Å². The van der Waals surface area contributed by atoms with Crippen LogP contribution in [0.5, 0.6) is 0 Å². The van der Waals surface area contributed by atoms with Gasteiger partial charge in [0.25, 0.3) is 0 Å². The summed E-state index contributed by atoms with van der Waals surface area (Å²) in [5, 5.41) is 0.974. The number of aromatic amines is 1. The smallest absolute Gasteiger partial charge is 0.222 e. The van der Waals surface area contributed by atoms with E-state index in [4.69, 9.17) is 0 Å². The number of hydrogen-bond acceptors (Lipinski definition) is 3. The monoisotopic (exact) mass is 375 g/mol. The molecule has 0 aliphatic carbocycles. The Labute approximate surface area is 165 Å². The van der Waals surface area contributed by atoms with Gasteiger partial charge in [0.15, 0.2) is 5.78 Å². The molecule has 1 aliphatic heterocycles. The first kappa shape index (κ1) is 18.4. The lowest BCUT2D eigenvalue weighted by atomic mass is 10.1. The highest BCUT2D eigenvalue weighted by molar-refractivity contribution is 6.08. The van der Waals surface area contributed by atoms with E-state index in [1.807, 2.05) is 47.4 Å². The first-order valence-electron chi connectivity index (χ1n) is 9.84. The first-order chi connectivity index (χ1) is 13.7. The number of aryl methyl sites for hydroxylation is 1. The van der Waals surface area contributed by atoms with Crippen molar-refractivity contribution in [1.82, 2.24) is 14.8 Å². The number of carbonyl (C=O) groups is 2. The third-order valence-electron chi connectivity index (χ3n) is 5.45. The summed E-state index contributed by atoms with van der Waals surface area (Å²) in [6.07, 6.45) is 3.12. The number of rotatable bonds is 6. The van der Waals surface area contributed by atoms with E-state index in [-0.39, 0.29) is 11.7 Å². The zero-order valence-corrected chi connectivity index (χ0v) is 15.9. The van der Waals surface area contributed by atoms with Crippen LogP contribution in [-0.4, -0.2) is 59.2 Å². The van der Waals surface area contributed by atoms with E-state index >= 15 is 0 Å². The van der Waals surface area contributed by atoms with Gasteiger partial charge in [0, 0.05) is 55.3 Å². The molecule has 0 unspecified atom stereocenters. The van der Waals surface area contributed by atoms with E-state index < -0.39 is 0 Å². The van der Waals surface area contributed by atoms with Crippen LogP contribution in [0.3, 0.4) is 0 Å². The maximum atomic E-state index is 12.7. The molecule has 2 heterocycles. The van der Waals surface area contributed by atoms with Gasteiger partial charge >= 0.3 is 0 Å². The number of nitrogens with one attached hydrogen (secondary N) is 1. The molecule has 0 atom stereocenters. The van der Waals surface area contributed by atoms with Crippen LogP contribution in [0, 0.1) is 0 Å². The Balaban J connectivity index is 1.27. The van der Waals surface area contributed by atoms with Gasteiger partial charge in [0.2, 0.25) is 5.91 Å². The van der Waals surface area contributed by atoms with Crippen molar-refractivity contribution < 1.29 is 9.59 Å². The molecule has 0 saturated carbocycles. The molecular formula is C23H25N3O2. The Hall–Kier alpha value is -2.92. The number of H-pyrrole nitrogens is 1. The lowest BCUT2D eigenvalue weighted by molar-refractivity contribution is -0.132. The SMILES string of the molecule is O=C(CN1CCN(C(=O)CCc2ccccc2)CC1)c1c[nH]c2ccccc12. The Morgan fingerprint density at radius 1 is 0.893 bits per heavy atom. The normalized spacial score (nSPS) is 15.1. The Kier molecular flexibility index (Phi) is 5.53. The van der Waals surface area contributed by atoms with Crippen molar-refractivity contribution in [3.05, 3.63) is 71.9 Å². The van der Waals surface area contributed by atoms with Crippen LogP contribution in [0.1, 0.15) is 22.3 Å². The zero-order valence-electron chi connectivity index (χ0n) is 15.9. The van der Waals surface area contributed by atoms with Gasteiger partial charge < -0.3 is 9.88 Å². The molecule has 1 N–H and O–H groups in total. The van der Waals surface area contributed by atoms with E-state index in [9.17, 15) is 9.59 Å². The average molecular weight is 375 g/mol. The fourth-order valence-corrected chi connectivity index (χ4v) is 3.80. The number of aromatic nitrogens is 1. The second kappa shape index (κ2) is 8.40. The molecule has 1 aromatic heterocycles. The van der Waals surface area contributed by atoms with Gasteiger partial charge in [0.1, 0.15) is 0 Å². The number of fused-ring (bicyclic) bond motifs is 1.